The van der Waals surface area contributed by atoms with E-state index in [4.69, 9.17) is 9.47 Å². The Morgan fingerprint density at radius 2 is 1.37 bits per heavy atom. The van der Waals surface area contributed by atoms with Gasteiger partial charge in [-0.15, -0.1) is 0 Å². The minimum Gasteiger partial charge on any atom is -0.497 e. The number of likely N-dealkylation sites (N-methyl/N-ethyl adjacent to an activating group) is 1. The quantitative estimate of drug-likeness (QED) is 0.585. The fourth-order valence-electron chi connectivity index (χ4n) is 3.35. The van der Waals surface area contributed by atoms with Gasteiger partial charge in [0.15, 0.2) is 0 Å². The number of nitrogens with zero attached hydrogens (tertiary/aromatic N) is 1. The number of methoxy groups -OCH3 is 2. The summed E-state index contributed by atoms with van der Waals surface area (Å²) in [4.78, 5) is 14.8. The van der Waals surface area contributed by atoms with Crippen LogP contribution in [0, 0.1) is 0 Å². The van der Waals surface area contributed by atoms with E-state index < -0.39 is 0 Å². The SMILES string of the molecule is COc1ccc(CN(C)CC(=O)N[C@H](c2ccccc2)c2ccc(OC)cc2)cc1. The molecule has 3 aromatic rings. The Morgan fingerprint density at radius 3 is 1.93 bits per heavy atom. The predicted molar refractivity (Wildman–Crippen MR) is 119 cm³/mol. The molecule has 0 saturated carbocycles. The van der Waals surface area contributed by atoms with Crippen molar-refractivity contribution in [3.63, 3.8) is 0 Å². The zero-order chi connectivity index (χ0) is 21.3. The van der Waals surface area contributed by atoms with E-state index in [1.54, 1.807) is 14.2 Å². The number of carbonyl (C=O) groups is 1. The molecular weight excluding hydrogens is 376 g/mol. The van der Waals surface area contributed by atoms with Crippen molar-refractivity contribution in [2.24, 2.45) is 0 Å². The molecule has 0 saturated heterocycles. The second-order valence-electron chi connectivity index (χ2n) is 7.20. The summed E-state index contributed by atoms with van der Waals surface area (Å²) in [6.45, 7) is 0.974. The number of amides is 1. The van der Waals surface area contributed by atoms with Crippen molar-refractivity contribution in [2.45, 2.75) is 12.6 Å². The first-order valence-electron chi connectivity index (χ1n) is 9.89. The molecule has 5 heteroatoms. The highest BCUT2D eigenvalue weighted by molar-refractivity contribution is 5.79. The molecule has 5 nitrogen and oxygen atoms in total. The molecule has 3 aromatic carbocycles. The fraction of sp³-hybridized carbons (Fsp3) is 0.240. The van der Waals surface area contributed by atoms with Crippen LogP contribution in [0.3, 0.4) is 0 Å². The third-order valence-corrected chi connectivity index (χ3v) is 4.91. The highest BCUT2D eigenvalue weighted by atomic mass is 16.5. The molecule has 0 spiro atoms. The summed E-state index contributed by atoms with van der Waals surface area (Å²) in [6.07, 6.45) is 0. The summed E-state index contributed by atoms with van der Waals surface area (Å²) in [6, 6.07) is 25.4. The zero-order valence-electron chi connectivity index (χ0n) is 17.7. The molecule has 0 aliphatic rings. The number of benzene rings is 3. The van der Waals surface area contributed by atoms with Crippen LogP contribution in [0.15, 0.2) is 78.9 Å². The van der Waals surface area contributed by atoms with Crippen LogP contribution < -0.4 is 14.8 Å². The molecule has 0 radical (unpaired) electrons. The molecule has 3 rings (SSSR count). The minimum absolute atomic E-state index is 0.0318. The van der Waals surface area contributed by atoms with Gasteiger partial charge in [0, 0.05) is 6.54 Å². The molecule has 1 N–H and O–H groups in total. The van der Waals surface area contributed by atoms with Gasteiger partial charge in [-0.05, 0) is 48.0 Å². The van der Waals surface area contributed by atoms with E-state index in [2.05, 4.69) is 5.32 Å². The van der Waals surface area contributed by atoms with Crippen molar-refractivity contribution >= 4 is 5.91 Å². The first-order valence-corrected chi connectivity index (χ1v) is 9.89. The molecule has 0 aromatic heterocycles. The number of carbonyl (C=O) groups excluding carboxylic acids is 1. The van der Waals surface area contributed by atoms with E-state index in [1.807, 2.05) is 90.8 Å². The van der Waals surface area contributed by atoms with Gasteiger partial charge in [0.2, 0.25) is 5.91 Å². The summed E-state index contributed by atoms with van der Waals surface area (Å²) >= 11 is 0. The molecule has 0 fully saturated rings. The maximum atomic E-state index is 12.8. The van der Waals surface area contributed by atoms with Crippen molar-refractivity contribution in [1.82, 2.24) is 10.2 Å². The van der Waals surface area contributed by atoms with Crippen molar-refractivity contribution in [3.05, 3.63) is 95.6 Å². The van der Waals surface area contributed by atoms with Crippen LogP contribution in [0.25, 0.3) is 0 Å². The molecule has 30 heavy (non-hydrogen) atoms. The van der Waals surface area contributed by atoms with Gasteiger partial charge in [0.05, 0.1) is 26.8 Å². The number of hydrogen-bond donors (Lipinski definition) is 1. The molecule has 1 atom stereocenters. The second kappa shape index (κ2) is 10.5. The van der Waals surface area contributed by atoms with Crippen LogP contribution in [0.2, 0.25) is 0 Å². The third-order valence-electron chi connectivity index (χ3n) is 4.91. The van der Waals surface area contributed by atoms with E-state index in [0.29, 0.717) is 13.1 Å². The van der Waals surface area contributed by atoms with Crippen LogP contribution in [0.1, 0.15) is 22.7 Å². The zero-order valence-corrected chi connectivity index (χ0v) is 17.7. The molecule has 0 heterocycles. The topological polar surface area (TPSA) is 50.8 Å². The van der Waals surface area contributed by atoms with Crippen LogP contribution in [-0.2, 0) is 11.3 Å². The first kappa shape index (κ1) is 21.4. The van der Waals surface area contributed by atoms with Crippen LogP contribution >= 0.6 is 0 Å². The van der Waals surface area contributed by atoms with E-state index >= 15 is 0 Å². The summed E-state index contributed by atoms with van der Waals surface area (Å²) in [7, 11) is 5.23. The Balaban J connectivity index is 1.67. The Bertz CT molecular complexity index is 925. The fourth-order valence-corrected chi connectivity index (χ4v) is 3.35. The minimum atomic E-state index is -0.223. The summed E-state index contributed by atoms with van der Waals surface area (Å²) in [5.41, 5.74) is 3.17. The van der Waals surface area contributed by atoms with E-state index in [-0.39, 0.29) is 11.9 Å². The van der Waals surface area contributed by atoms with Gasteiger partial charge in [0.1, 0.15) is 11.5 Å². The first-order chi connectivity index (χ1) is 14.6. The number of hydrogen-bond acceptors (Lipinski definition) is 4. The Kier molecular flexibility index (Phi) is 7.46. The molecule has 0 aliphatic carbocycles. The number of rotatable bonds is 9. The van der Waals surface area contributed by atoms with Crippen molar-refractivity contribution in [3.8, 4) is 11.5 Å². The van der Waals surface area contributed by atoms with Gasteiger partial charge in [-0.1, -0.05) is 54.6 Å². The summed E-state index contributed by atoms with van der Waals surface area (Å²) in [5.74, 6) is 1.58. The molecular formula is C25H28N2O3. The number of ether oxygens (including phenoxy) is 2. The largest absolute Gasteiger partial charge is 0.497 e. The Hall–Kier alpha value is -3.31. The van der Waals surface area contributed by atoms with Gasteiger partial charge in [0.25, 0.3) is 0 Å². The lowest BCUT2D eigenvalue weighted by atomic mass is 9.98. The van der Waals surface area contributed by atoms with Gasteiger partial charge >= 0.3 is 0 Å². The van der Waals surface area contributed by atoms with Gasteiger partial charge in [-0.2, -0.15) is 0 Å². The summed E-state index contributed by atoms with van der Waals surface area (Å²) in [5, 5.41) is 3.18. The number of nitrogens with one attached hydrogen (secondary N) is 1. The van der Waals surface area contributed by atoms with Crippen LogP contribution in [0.4, 0.5) is 0 Å². The molecule has 1 amide bonds. The lowest BCUT2D eigenvalue weighted by molar-refractivity contribution is -0.122. The van der Waals surface area contributed by atoms with Crippen molar-refractivity contribution in [2.75, 3.05) is 27.8 Å². The Morgan fingerprint density at radius 1 is 0.833 bits per heavy atom. The molecule has 156 valence electrons. The highest BCUT2D eigenvalue weighted by Gasteiger charge is 2.18. The molecule has 0 aliphatic heterocycles. The molecule has 0 unspecified atom stereocenters. The Labute approximate surface area is 178 Å². The average molecular weight is 405 g/mol. The van der Waals surface area contributed by atoms with E-state index in [1.165, 1.54) is 0 Å². The van der Waals surface area contributed by atoms with E-state index in [0.717, 1.165) is 28.2 Å². The van der Waals surface area contributed by atoms with Gasteiger partial charge in [-0.25, -0.2) is 0 Å². The summed E-state index contributed by atoms with van der Waals surface area (Å²) < 4.78 is 10.5. The van der Waals surface area contributed by atoms with Gasteiger partial charge < -0.3 is 14.8 Å². The third kappa shape index (κ3) is 5.84. The van der Waals surface area contributed by atoms with Crippen LogP contribution in [0.5, 0.6) is 11.5 Å². The maximum Gasteiger partial charge on any atom is 0.234 e. The average Bonchev–Trinajstić information content (AvgIpc) is 2.78. The van der Waals surface area contributed by atoms with Gasteiger partial charge in [-0.3, -0.25) is 9.69 Å². The standard InChI is InChI=1S/C25H28N2O3/c1-27(17-19-9-13-22(29-2)14-10-19)18-24(28)26-25(20-7-5-4-6-8-20)21-11-15-23(30-3)16-12-21/h4-16,25H,17-18H2,1-3H3,(H,26,28)/t25-/m1/s1. The van der Waals surface area contributed by atoms with Crippen LogP contribution in [-0.4, -0.2) is 38.6 Å². The van der Waals surface area contributed by atoms with Crippen molar-refractivity contribution in [1.29, 1.82) is 0 Å². The molecule has 0 bridgehead atoms. The lowest BCUT2D eigenvalue weighted by Gasteiger charge is -2.22. The normalized spacial score (nSPS) is 11.7. The highest BCUT2D eigenvalue weighted by Crippen LogP contribution is 2.24. The predicted octanol–water partition coefficient (Wildman–Crippen LogP) is 4.04. The lowest BCUT2D eigenvalue weighted by Crippen LogP contribution is -2.37. The maximum absolute atomic E-state index is 12.8. The smallest absolute Gasteiger partial charge is 0.234 e. The van der Waals surface area contributed by atoms with Crippen molar-refractivity contribution < 1.29 is 14.3 Å². The second-order valence-corrected chi connectivity index (χ2v) is 7.20. The van der Waals surface area contributed by atoms with E-state index in [9.17, 15) is 4.79 Å². The monoisotopic (exact) mass is 404 g/mol.